The van der Waals surface area contributed by atoms with E-state index < -0.39 is 0 Å². The smallest absolute Gasteiger partial charge is 0.0628 e. The van der Waals surface area contributed by atoms with E-state index in [2.05, 4.69) is 12.0 Å². The first-order valence-corrected chi connectivity index (χ1v) is 4.69. The van der Waals surface area contributed by atoms with Crippen molar-refractivity contribution in [2.45, 2.75) is 39.7 Å². The zero-order valence-electron chi connectivity index (χ0n) is 8.83. The third kappa shape index (κ3) is 2.31. The van der Waals surface area contributed by atoms with Gasteiger partial charge in [0.25, 0.3) is 0 Å². The zero-order valence-corrected chi connectivity index (χ0v) is 8.83. The summed E-state index contributed by atoms with van der Waals surface area (Å²) < 4.78 is 1.90. The molecule has 1 N–H and O–H groups in total. The Hall–Kier alpha value is -0.830. The minimum absolute atomic E-state index is 0.223. The molecule has 0 spiro atoms. The van der Waals surface area contributed by atoms with Gasteiger partial charge in [-0.25, -0.2) is 0 Å². The Bertz CT molecular complexity index is 289. The molecule has 3 heteroatoms. The van der Waals surface area contributed by atoms with E-state index in [0.717, 1.165) is 18.5 Å². The molecule has 0 fully saturated rings. The van der Waals surface area contributed by atoms with Crippen molar-refractivity contribution in [2.24, 2.45) is 7.05 Å². The molecular weight excluding hydrogens is 164 g/mol. The third-order valence-corrected chi connectivity index (χ3v) is 2.47. The van der Waals surface area contributed by atoms with Crippen LogP contribution in [-0.4, -0.2) is 21.0 Å². The van der Waals surface area contributed by atoms with Crippen molar-refractivity contribution in [3.63, 3.8) is 0 Å². The maximum Gasteiger partial charge on any atom is 0.0628 e. The minimum atomic E-state index is -0.223. The molecule has 74 valence electrons. The zero-order chi connectivity index (χ0) is 10.0. The molecule has 0 aliphatic carbocycles. The summed E-state index contributed by atoms with van der Waals surface area (Å²) in [7, 11) is 1.95. The molecule has 1 heterocycles. The average molecular weight is 182 g/mol. The van der Waals surface area contributed by atoms with E-state index in [0.29, 0.717) is 0 Å². The van der Waals surface area contributed by atoms with Crippen LogP contribution in [0.4, 0.5) is 0 Å². The van der Waals surface area contributed by atoms with Crippen LogP contribution < -0.4 is 0 Å². The Balaban J connectivity index is 2.76. The SMILES string of the molecule is Cc1nn(C)c(C)c1CC[C@H](C)O. The van der Waals surface area contributed by atoms with Crippen LogP contribution >= 0.6 is 0 Å². The van der Waals surface area contributed by atoms with Gasteiger partial charge in [-0.2, -0.15) is 5.10 Å². The lowest BCUT2D eigenvalue weighted by Gasteiger charge is -2.04. The Labute approximate surface area is 79.4 Å². The van der Waals surface area contributed by atoms with Gasteiger partial charge in [0.1, 0.15) is 0 Å². The van der Waals surface area contributed by atoms with Gasteiger partial charge in [-0.3, -0.25) is 4.68 Å². The Kier molecular flexibility index (Phi) is 3.09. The quantitative estimate of drug-likeness (QED) is 0.766. The van der Waals surface area contributed by atoms with Crippen LogP contribution in [-0.2, 0) is 13.5 Å². The van der Waals surface area contributed by atoms with Gasteiger partial charge in [-0.05, 0) is 39.2 Å². The standard InChI is InChI=1S/C10H18N2O/c1-7(13)5-6-10-8(2)11-12(4)9(10)3/h7,13H,5-6H2,1-4H3/t7-/m0/s1. The number of aromatic nitrogens is 2. The predicted octanol–water partition coefficient (Wildman–Crippen LogP) is 1.35. The third-order valence-electron chi connectivity index (χ3n) is 2.47. The molecule has 0 radical (unpaired) electrons. The Morgan fingerprint density at radius 2 is 2.08 bits per heavy atom. The van der Waals surface area contributed by atoms with E-state index in [1.54, 1.807) is 0 Å². The Morgan fingerprint density at radius 1 is 1.46 bits per heavy atom. The minimum Gasteiger partial charge on any atom is -0.393 e. The van der Waals surface area contributed by atoms with Crippen molar-refractivity contribution in [1.82, 2.24) is 9.78 Å². The molecule has 0 aromatic carbocycles. The molecule has 0 saturated heterocycles. The fourth-order valence-electron chi connectivity index (χ4n) is 1.53. The van der Waals surface area contributed by atoms with Gasteiger partial charge in [0.2, 0.25) is 0 Å². The molecule has 1 atom stereocenters. The molecule has 1 aromatic heterocycles. The lowest BCUT2D eigenvalue weighted by atomic mass is 10.1. The van der Waals surface area contributed by atoms with Crippen LogP contribution in [0.1, 0.15) is 30.3 Å². The number of aliphatic hydroxyl groups excluding tert-OH is 1. The highest BCUT2D eigenvalue weighted by Crippen LogP contribution is 2.14. The van der Waals surface area contributed by atoms with Crippen LogP contribution in [0.15, 0.2) is 0 Å². The highest BCUT2D eigenvalue weighted by molar-refractivity contribution is 5.24. The molecule has 0 unspecified atom stereocenters. The summed E-state index contributed by atoms with van der Waals surface area (Å²) >= 11 is 0. The summed E-state index contributed by atoms with van der Waals surface area (Å²) in [6, 6.07) is 0. The van der Waals surface area contributed by atoms with E-state index in [1.165, 1.54) is 11.3 Å². The van der Waals surface area contributed by atoms with Crippen molar-refractivity contribution in [1.29, 1.82) is 0 Å². The monoisotopic (exact) mass is 182 g/mol. The van der Waals surface area contributed by atoms with Crippen molar-refractivity contribution in [3.8, 4) is 0 Å². The van der Waals surface area contributed by atoms with Crippen LogP contribution in [0.5, 0.6) is 0 Å². The second-order valence-corrected chi connectivity index (χ2v) is 3.66. The summed E-state index contributed by atoms with van der Waals surface area (Å²) in [6.45, 7) is 5.91. The topological polar surface area (TPSA) is 38.0 Å². The number of aliphatic hydroxyl groups is 1. The highest BCUT2D eigenvalue weighted by atomic mass is 16.3. The summed E-state index contributed by atoms with van der Waals surface area (Å²) in [4.78, 5) is 0. The molecule has 1 rings (SSSR count). The second kappa shape index (κ2) is 3.92. The van der Waals surface area contributed by atoms with Crippen LogP contribution in [0.2, 0.25) is 0 Å². The van der Waals surface area contributed by atoms with Gasteiger partial charge >= 0.3 is 0 Å². The number of aryl methyl sites for hydroxylation is 2. The largest absolute Gasteiger partial charge is 0.393 e. The molecule has 0 saturated carbocycles. The van der Waals surface area contributed by atoms with E-state index in [-0.39, 0.29) is 6.10 Å². The molecule has 0 aliphatic rings. The van der Waals surface area contributed by atoms with E-state index in [4.69, 9.17) is 0 Å². The fraction of sp³-hybridized carbons (Fsp3) is 0.700. The van der Waals surface area contributed by atoms with Crippen LogP contribution in [0.25, 0.3) is 0 Å². The van der Waals surface area contributed by atoms with Gasteiger partial charge in [-0.1, -0.05) is 0 Å². The maximum absolute atomic E-state index is 9.18. The second-order valence-electron chi connectivity index (χ2n) is 3.66. The maximum atomic E-state index is 9.18. The van der Waals surface area contributed by atoms with E-state index in [9.17, 15) is 5.11 Å². The first kappa shape index (κ1) is 10.3. The Morgan fingerprint density at radius 3 is 2.46 bits per heavy atom. The summed E-state index contributed by atoms with van der Waals surface area (Å²) in [5.41, 5.74) is 3.57. The molecule has 13 heavy (non-hydrogen) atoms. The first-order chi connectivity index (χ1) is 6.02. The first-order valence-electron chi connectivity index (χ1n) is 4.69. The average Bonchev–Trinajstić information content (AvgIpc) is 2.24. The van der Waals surface area contributed by atoms with Gasteiger partial charge in [0, 0.05) is 12.7 Å². The van der Waals surface area contributed by atoms with Gasteiger partial charge in [0.05, 0.1) is 11.8 Å². The lowest BCUT2D eigenvalue weighted by molar-refractivity contribution is 0.185. The molecule has 3 nitrogen and oxygen atoms in total. The van der Waals surface area contributed by atoms with Gasteiger partial charge in [-0.15, -0.1) is 0 Å². The number of hydrogen-bond acceptors (Lipinski definition) is 2. The van der Waals surface area contributed by atoms with E-state index >= 15 is 0 Å². The molecule has 0 aliphatic heterocycles. The summed E-state index contributed by atoms with van der Waals surface area (Å²) in [5.74, 6) is 0. The lowest BCUT2D eigenvalue weighted by Crippen LogP contribution is -2.02. The van der Waals surface area contributed by atoms with Crippen molar-refractivity contribution >= 4 is 0 Å². The normalized spacial score (nSPS) is 13.3. The van der Waals surface area contributed by atoms with Gasteiger partial charge < -0.3 is 5.11 Å². The predicted molar refractivity (Wildman–Crippen MR) is 52.7 cm³/mol. The van der Waals surface area contributed by atoms with Crippen LogP contribution in [0, 0.1) is 13.8 Å². The molecule has 0 amide bonds. The summed E-state index contributed by atoms with van der Waals surface area (Å²) in [5, 5.41) is 13.5. The van der Waals surface area contributed by atoms with Crippen LogP contribution in [0.3, 0.4) is 0 Å². The number of nitrogens with zero attached hydrogens (tertiary/aromatic N) is 2. The highest BCUT2D eigenvalue weighted by Gasteiger charge is 2.09. The van der Waals surface area contributed by atoms with Crippen molar-refractivity contribution < 1.29 is 5.11 Å². The number of rotatable bonds is 3. The summed E-state index contributed by atoms with van der Waals surface area (Å²) in [6.07, 6.45) is 1.51. The molecular formula is C10H18N2O. The van der Waals surface area contributed by atoms with E-state index in [1.807, 2.05) is 25.6 Å². The van der Waals surface area contributed by atoms with Crippen molar-refractivity contribution in [2.75, 3.05) is 0 Å². The van der Waals surface area contributed by atoms with Gasteiger partial charge in [0.15, 0.2) is 0 Å². The fourth-order valence-corrected chi connectivity index (χ4v) is 1.53. The molecule has 1 aromatic rings. The number of hydrogen-bond donors (Lipinski definition) is 1. The van der Waals surface area contributed by atoms with Crippen molar-refractivity contribution in [3.05, 3.63) is 17.0 Å². The molecule has 0 bridgehead atoms.